The van der Waals surface area contributed by atoms with Crippen LogP contribution >= 0.6 is 0 Å². The average Bonchev–Trinajstić information content (AvgIpc) is 3.93. The highest BCUT2D eigenvalue weighted by Gasteiger charge is 2.43. The first-order valence-corrected chi connectivity index (χ1v) is 21.4. The van der Waals surface area contributed by atoms with Gasteiger partial charge < -0.3 is 52.3 Å². The van der Waals surface area contributed by atoms with E-state index in [0.717, 1.165) is 0 Å². The zero-order valence-corrected chi connectivity index (χ0v) is 35.7. The van der Waals surface area contributed by atoms with E-state index in [1.807, 2.05) is 20.8 Å². The number of hydrogen-bond donors (Lipinski definition) is 8. The minimum Gasteiger partial charge on any atom is -0.508 e. The van der Waals surface area contributed by atoms with E-state index in [4.69, 9.17) is 5.73 Å². The average molecular weight is 861 g/mol. The van der Waals surface area contributed by atoms with Crippen molar-refractivity contribution in [2.45, 2.75) is 128 Å². The Balaban J connectivity index is 1.59. The van der Waals surface area contributed by atoms with Crippen LogP contribution in [0.25, 0.3) is 0 Å². The number of aromatic hydroxyl groups is 2. The molecule has 3 heterocycles. The van der Waals surface area contributed by atoms with Crippen LogP contribution in [-0.4, -0.2) is 123 Å². The zero-order chi connectivity index (χ0) is 45.2. The van der Waals surface area contributed by atoms with Crippen LogP contribution in [0.2, 0.25) is 0 Å². The lowest BCUT2D eigenvalue weighted by Gasteiger charge is -2.32. The summed E-state index contributed by atoms with van der Waals surface area (Å²) in [5.41, 5.74) is 6.71. The number of amides is 8. The molecule has 18 heteroatoms. The van der Waals surface area contributed by atoms with E-state index in [2.05, 4.69) is 26.6 Å². The Morgan fingerprint density at radius 2 is 1.06 bits per heavy atom. The van der Waals surface area contributed by atoms with E-state index in [-0.39, 0.29) is 62.6 Å². The Hall–Kier alpha value is -6.20. The fraction of sp³-hybridized carbons (Fsp3) is 0.545. The van der Waals surface area contributed by atoms with Crippen molar-refractivity contribution in [3.05, 3.63) is 59.7 Å². The summed E-state index contributed by atoms with van der Waals surface area (Å²) >= 11 is 0. The second-order valence-electron chi connectivity index (χ2n) is 17.0. The number of carbonyl (C=O) groups is 8. The number of primary amides is 1. The van der Waals surface area contributed by atoms with Gasteiger partial charge in [-0.2, -0.15) is 0 Å². The van der Waals surface area contributed by atoms with Gasteiger partial charge in [0.25, 0.3) is 0 Å². The molecule has 0 bridgehead atoms. The minimum atomic E-state index is -1.50. The largest absolute Gasteiger partial charge is 0.508 e. The number of phenols is 2. The van der Waals surface area contributed by atoms with E-state index in [0.29, 0.717) is 30.4 Å². The van der Waals surface area contributed by atoms with Gasteiger partial charge in [-0.05, 0) is 79.3 Å². The van der Waals surface area contributed by atoms with Gasteiger partial charge in [0.1, 0.15) is 53.8 Å². The second-order valence-corrected chi connectivity index (χ2v) is 17.0. The number of fused-ring (bicyclic) bond motifs is 2. The number of hydrogen-bond acceptors (Lipinski definition) is 10. The summed E-state index contributed by atoms with van der Waals surface area (Å²) in [6.07, 6.45) is 1.11. The fourth-order valence-corrected chi connectivity index (χ4v) is 8.28. The van der Waals surface area contributed by atoms with Gasteiger partial charge in [0, 0.05) is 25.9 Å². The summed E-state index contributed by atoms with van der Waals surface area (Å²) in [5, 5.41) is 33.7. The molecular formula is C44H60N8O10. The summed E-state index contributed by atoms with van der Waals surface area (Å²) < 4.78 is 0. The summed E-state index contributed by atoms with van der Waals surface area (Å²) in [7, 11) is 0. The lowest BCUT2D eigenvalue weighted by molar-refractivity contribution is -0.144. The Kier molecular flexibility index (Phi) is 15.9. The number of phenolic OH excluding ortho intramolecular Hbond substituents is 2. The van der Waals surface area contributed by atoms with Crippen molar-refractivity contribution >= 4 is 47.3 Å². The number of benzene rings is 2. The quantitative estimate of drug-likeness (QED) is 0.162. The second kappa shape index (κ2) is 21.1. The molecule has 2 aromatic carbocycles. The Labute approximate surface area is 361 Å². The maximum absolute atomic E-state index is 14.6. The molecular weight excluding hydrogens is 801 g/mol. The van der Waals surface area contributed by atoms with E-state index < -0.39 is 102 Å². The fourth-order valence-electron chi connectivity index (χ4n) is 8.28. The topological polar surface area (TPSA) is 270 Å². The molecule has 0 spiro atoms. The number of nitrogens with zero attached hydrogens (tertiary/aromatic N) is 2. The van der Waals surface area contributed by atoms with Crippen LogP contribution in [0, 0.1) is 11.8 Å². The first-order valence-electron chi connectivity index (χ1n) is 21.4. The first kappa shape index (κ1) is 46.9. The van der Waals surface area contributed by atoms with E-state index in [1.54, 1.807) is 31.2 Å². The van der Waals surface area contributed by atoms with Crippen molar-refractivity contribution in [3.8, 4) is 11.5 Å². The standard InChI is InChI=1S/C44H60N8O10/c1-5-25(4)37-42(60)49-33(23-36(45)55)44(62)51-18-6-8-34(51)40(58)47-31(21-26-10-14-28(53)15-11-26)39(57)46-30(20-24(2)3)38(56)48-32(22-27-12-16-29(54)17-13-27)43(61)52-19-7-9-35(52)41(59)50-37/h10-17,24-25,30-35,37,53-54H,5-9,18-23H2,1-4H3,(H2,45,55)(H,46,57)(H,47,58)(H,48,56)(H,49,60)(H,50,59)/t25-,30-,31-,32-,33-,34-,35-,37-/m0/s1. The van der Waals surface area contributed by atoms with Crippen molar-refractivity contribution in [3.63, 3.8) is 0 Å². The number of carbonyl (C=O) groups excluding carboxylic acids is 8. The predicted molar refractivity (Wildman–Crippen MR) is 225 cm³/mol. The smallest absolute Gasteiger partial charge is 0.246 e. The molecule has 9 N–H and O–H groups in total. The zero-order valence-electron chi connectivity index (χ0n) is 35.7. The van der Waals surface area contributed by atoms with E-state index in [9.17, 15) is 48.6 Å². The van der Waals surface area contributed by atoms with Gasteiger partial charge in [-0.25, -0.2) is 0 Å². The van der Waals surface area contributed by atoms with Crippen LogP contribution in [0.4, 0.5) is 0 Å². The van der Waals surface area contributed by atoms with Crippen LogP contribution in [0.15, 0.2) is 48.5 Å². The molecule has 2 aromatic rings. The summed E-state index contributed by atoms with van der Waals surface area (Å²) in [4.78, 5) is 115. The normalized spacial score (nSPS) is 26.3. The molecule has 0 unspecified atom stereocenters. The first-order chi connectivity index (χ1) is 29.4. The molecule has 62 heavy (non-hydrogen) atoms. The van der Waals surface area contributed by atoms with Gasteiger partial charge >= 0.3 is 0 Å². The van der Waals surface area contributed by atoms with Gasteiger partial charge in [0.2, 0.25) is 47.3 Å². The molecule has 8 atom stereocenters. The molecule has 18 nitrogen and oxygen atoms in total. The molecule has 3 aliphatic rings. The van der Waals surface area contributed by atoms with Crippen LogP contribution in [0.1, 0.15) is 83.8 Å². The summed E-state index contributed by atoms with van der Waals surface area (Å²) in [6, 6.07) is 3.50. The van der Waals surface area contributed by atoms with E-state index >= 15 is 0 Å². The van der Waals surface area contributed by atoms with Gasteiger partial charge in [0.05, 0.1) is 6.42 Å². The molecule has 3 saturated heterocycles. The van der Waals surface area contributed by atoms with Crippen LogP contribution in [-0.2, 0) is 51.2 Å². The highest BCUT2D eigenvalue weighted by molar-refractivity contribution is 6.00. The molecule has 0 saturated carbocycles. The molecule has 0 aromatic heterocycles. The molecule has 5 rings (SSSR count). The maximum atomic E-state index is 14.6. The highest BCUT2D eigenvalue weighted by atomic mass is 16.3. The van der Waals surface area contributed by atoms with Crippen LogP contribution in [0.5, 0.6) is 11.5 Å². The maximum Gasteiger partial charge on any atom is 0.246 e. The van der Waals surface area contributed by atoms with Crippen molar-refractivity contribution < 1.29 is 48.6 Å². The Morgan fingerprint density at radius 3 is 1.56 bits per heavy atom. The highest BCUT2D eigenvalue weighted by Crippen LogP contribution is 2.24. The van der Waals surface area contributed by atoms with Crippen molar-refractivity contribution in [1.82, 2.24) is 36.4 Å². The molecule has 3 fully saturated rings. The third kappa shape index (κ3) is 12.0. The summed E-state index contributed by atoms with van der Waals surface area (Å²) in [5.74, 6) is -6.39. The number of nitrogens with two attached hydrogens (primary N) is 1. The summed E-state index contributed by atoms with van der Waals surface area (Å²) in [6.45, 7) is 7.50. The van der Waals surface area contributed by atoms with E-state index in [1.165, 1.54) is 34.1 Å². The molecule has 3 aliphatic heterocycles. The monoisotopic (exact) mass is 860 g/mol. The molecule has 0 aliphatic carbocycles. The molecule has 0 radical (unpaired) electrons. The van der Waals surface area contributed by atoms with Crippen LogP contribution in [0.3, 0.4) is 0 Å². The van der Waals surface area contributed by atoms with Crippen molar-refractivity contribution in [2.24, 2.45) is 17.6 Å². The Bertz CT molecular complexity index is 1980. The molecule has 336 valence electrons. The van der Waals surface area contributed by atoms with Crippen molar-refractivity contribution in [2.75, 3.05) is 13.1 Å². The Morgan fingerprint density at radius 1 is 0.629 bits per heavy atom. The SMILES string of the molecule is CC[C@H](C)[C@@H]1NC(=O)[C@@H]2CCCN2C(=O)[C@H](Cc2ccc(O)cc2)NC(=O)[C@H](CC(C)C)NC(=O)[C@H](Cc2ccc(O)cc2)NC(=O)[C@@H]2CCCN2C(=O)[C@H](CC(N)=O)NC1=O. The van der Waals surface area contributed by atoms with Crippen LogP contribution < -0.4 is 32.3 Å². The third-order valence-corrected chi connectivity index (χ3v) is 11.8. The van der Waals surface area contributed by atoms with Gasteiger partial charge in [0.15, 0.2) is 0 Å². The van der Waals surface area contributed by atoms with Gasteiger partial charge in [-0.3, -0.25) is 38.4 Å². The predicted octanol–water partition coefficient (Wildman–Crippen LogP) is 0.270. The molecule has 8 amide bonds. The lowest BCUT2D eigenvalue weighted by atomic mass is 9.96. The van der Waals surface area contributed by atoms with Gasteiger partial charge in [-0.1, -0.05) is 58.4 Å². The number of nitrogens with one attached hydrogen (secondary N) is 5. The van der Waals surface area contributed by atoms with Crippen molar-refractivity contribution in [1.29, 1.82) is 0 Å². The van der Waals surface area contributed by atoms with Gasteiger partial charge in [-0.15, -0.1) is 0 Å². The lowest BCUT2D eigenvalue weighted by Crippen LogP contribution is -2.60. The minimum absolute atomic E-state index is 0.00758. The number of rotatable bonds is 10. The third-order valence-electron chi connectivity index (χ3n) is 11.8.